The Bertz CT molecular complexity index is 1070. The molecule has 2 aromatic rings. The number of rotatable bonds is 11. The number of nitrogens with one attached hydrogen (secondary N) is 2. The third kappa shape index (κ3) is 7.48. The Morgan fingerprint density at radius 1 is 1.10 bits per heavy atom. The number of nitrogens with zero attached hydrogens (tertiary/aromatic N) is 4. The molecule has 2 N–H and O–H groups in total. The third-order valence-electron chi connectivity index (χ3n) is 8.29. The molecule has 8 heteroatoms. The fourth-order valence-corrected chi connectivity index (χ4v) is 5.74. The lowest BCUT2D eigenvalue weighted by molar-refractivity contribution is 0.0923. The summed E-state index contributed by atoms with van der Waals surface area (Å²) in [4.78, 5) is 27.6. The monoisotopic (exact) mass is 536 g/mol. The van der Waals surface area contributed by atoms with Gasteiger partial charge in [0.2, 0.25) is 0 Å². The molecule has 1 aromatic carbocycles. The van der Waals surface area contributed by atoms with Crippen LogP contribution in [0.3, 0.4) is 0 Å². The lowest BCUT2D eigenvalue weighted by Crippen LogP contribution is -2.47. The topological polar surface area (TPSA) is 82.6 Å². The van der Waals surface area contributed by atoms with Gasteiger partial charge in [0, 0.05) is 49.0 Å². The highest BCUT2D eigenvalue weighted by Crippen LogP contribution is 2.32. The first-order valence-electron chi connectivity index (χ1n) is 15.1. The van der Waals surface area contributed by atoms with Crippen molar-refractivity contribution in [1.82, 2.24) is 20.2 Å². The van der Waals surface area contributed by atoms with Crippen LogP contribution >= 0.6 is 0 Å². The number of carbonyl (C=O) groups is 1. The minimum atomic E-state index is -0.159. The maximum Gasteiger partial charge on any atom is 0.319 e. The Kier molecular flexibility index (Phi) is 10.6. The predicted molar refractivity (Wildman–Crippen MR) is 159 cm³/mol. The summed E-state index contributed by atoms with van der Waals surface area (Å²) in [7, 11) is 0. The number of hydrogen-bond donors (Lipinski definition) is 2. The van der Waals surface area contributed by atoms with Gasteiger partial charge in [0.05, 0.1) is 24.9 Å². The minimum absolute atomic E-state index is 0.159. The number of fused-ring (bicyclic) bond motifs is 1. The molecule has 2 amide bonds. The van der Waals surface area contributed by atoms with Gasteiger partial charge in [-0.1, -0.05) is 40.0 Å². The van der Waals surface area contributed by atoms with Crippen LogP contribution in [0.25, 0.3) is 11.4 Å². The van der Waals surface area contributed by atoms with E-state index in [0.29, 0.717) is 24.5 Å². The summed E-state index contributed by atoms with van der Waals surface area (Å²) >= 11 is 0. The molecule has 2 aliphatic rings. The fraction of sp³-hybridized carbons (Fsp3) is 0.645. The van der Waals surface area contributed by atoms with Crippen molar-refractivity contribution >= 4 is 17.5 Å². The van der Waals surface area contributed by atoms with Crippen LogP contribution < -0.4 is 15.5 Å². The van der Waals surface area contributed by atoms with E-state index in [1.54, 1.807) is 0 Å². The maximum atomic E-state index is 12.5. The number of aromatic nitrogens is 2. The standard InChI is InChI=1S/C31H48N6O2/c1-6-9-23(7-2)14-16-32-31(38)33-25-12-10-24(11-13-25)29-34-28-20-36(22(4)5)17-15-27(28)30(35-29)37-18-19-39-21-26(37)8-3/h10-13,22-23,26H,6-9,14-21H2,1-5H3,(H2,32,33,38). The molecule has 2 atom stereocenters. The van der Waals surface area contributed by atoms with Gasteiger partial charge in [-0.25, -0.2) is 14.8 Å². The van der Waals surface area contributed by atoms with E-state index in [9.17, 15) is 4.79 Å². The van der Waals surface area contributed by atoms with Gasteiger partial charge in [0.25, 0.3) is 0 Å². The quantitative estimate of drug-likeness (QED) is 0.374. The van der Waals surface area contributed by atoms with Crippen molar-refractivity contribution < 1.29 is 9.53 Å². The Morgan fingerprint density at radius 3 is 2.59 bits per heavy atom. The van der Waals surface area contributed by atoms with Crippen LogP contribution in [0.2, 0.25) is 0 Å². The Labute approximate surface area is 234 Å². The molecule has 1 saturated heterocycles. The van der Waals surface area contributed by atoms with Crippen molar-refractivity contribution in [3.8, 4) is 11.4 Å². The van der Waals surface area contributed by atoms with Gasteiger partial charge in [-0.2, -0.15) is 0 Å². The maximum absolute atomic E-state index is 12.5. The average Bonchev–Trinajstić information content (AvgIpc) is 2.96. The van der Waals surface area contributed by atoms with Gasteiger partial charge in [0.15, 0.2) is 5.82 Å². The molecule has 0 aliphatic carbocycles. The van der Waals surface area contributed by atoms with E-state index in [1.807, 2.05) is 24.3 Å². The number of urea groups is 1. The number of hydrogen-bond acceptors (Lipinski definition) is 6. The van der Waals surface area contributed by atoms with E-state index < -0.39 is 0 Å². The van der Waals surface area contributed by atoms with E-state index in [4.69, 9.17) is 14.7 Å². The van der Waals surface area contributed by atoms with Crippen molar-refractivity contribution in [3.05, 3.63) is 35.5 Å². The van der Waals surface area contributed by atoms with Gasteiger partial charge in [-0.3, -0.25) is 4.90 Å². The summed E-state index contributed by atoms with van der Waals surface area (Å²) in [5, 5.41) is 5.98. The molecular weight excluding hydrogens is 488 g/mol. The zero-order valence-corrected chi connectivity index (χ0v) is 24.6. The lowest BCUT2D eigenvalue weighted by atomic mass is 9.97. The Hall–Kier alpha value is -2.71. The normalized spacial score (nSPS) is 18.6. The number of morpholine rings is 1. The number of ether oxygens (including phenoxy) is 1. The number of carbonyl (C=O) groups excluding carboxylic acids is 1. The first kappa shape index (κ1) is 29.3. The first-order valence-corrected chi connectivity index (χ1v) is 15.1. The van der Waals surface area contributed by atoms with Crippen LogP contribution in [-0.4, -0.2) is 65.8 Å². The van der Waals surface area contributed by atoms with Crippen molar-refractivity contribution in [2.45, 2.75) is 91.8 Å². The van der Waals surface area contributed by atoms with Crippen LogP contribution in [0.1, 0.15) is 78.0 Å². The van der Waals surface area contributed by atoms with Crippen molar-refractivity contribution in [2.75, 3.05) is 43.1 Å². The van der Waals surface area contributed by atoms with E-state index in [-0.39, 0.29) is 6.03 Å². The summed E-state index contributed by atoms with van der Waals surface area (Å²) < 4.78 is 5.80. The molecule has 4 rings (SSSR count). The average molecular weight is 537 g/mol. The molecule has 214 valence electrons. The molecule has 8 nitrogen and oxygen atoms in total. The molecule has 0 saturated carbocycles. The SMILES string of the molecule is CCCC(CC)CCNC(=O)Nc1ccc(-c2nc3c(c(N4CCOCC4CC)n2)CCN(C(C)C)C3)cc1. The summed E-state index contributed by atoms with van der Waals surface area (Å²) in [6.45, 7) is 16.0. The molecule has 1 fully saturated rings. The highest BCUT2D eigenvalue weighted by molar-refractivity contribution is 5.89. The molecule has 0 spiro atoms. The van der Waals surface area contributed by atoms with Crippen LogP contribution in [0.4, 0.5) is 16.3 Å². The summed E-state index contributed by atoms with van der Waals surface area (Å²) in [5.74, 6) is 2.49. The van der Waals surface area contributed by atoms with Gasteiger partial charge in [-0.15, -0.1) is 0 Å². The molecule has 3 heterocycles. The van der Waals surface area contributed by atoms with Gasteiger partial charge >= 0.3 is 6.03 Å². The summed E-state index contributed by atoms with van der Waals surface area (Å²) in [6.07, 6.45) is 6.57. The second kappa shape index (κ2) is 14.1. The predicted octanol–water partition coefficient (Wildman–Crippen LogP) is 5.86. The molecule has 1 aromatic heterocycles. The summed E-state index contributed by atoms with van der Waals surface area (Å²) in [6, 6.07) is 8.54. The van der Waals surface area contributed by atoms with Crippen molar-refractivity contribution in [1.29, 1.82) is 0 Å². The second-order valence-electron chi connectivity index (χ2n) is 11.3. The Balaban J connectivity index is 1.51. The summed E-state index contributed by atoms with van der Waals surface area (Å²) in [5.41, 5.74) is 4.14. The zero-order valence-electron chi connectivity index (χ0n) is 24.6. The van der Waals surface area contributed by atoms with E-state index in [1.165, 1.54) is 18.4 Å². The smallest absolute Gasteiger partial charge is 0.319 e. The minimum Gasteiger partial charge on any atom is -0.377 e. The van der Waals surface area contributed by atoms with Gasteiger partial charge in [0.1, 0.15) is 5.82 Å². The van der Waals surface area contributed by atoms with Gasteiger partial charge < -0.3 is 20.3 Å². The number of amides is 2. The van der Waals surface area contributed by atoms with Crippen LogP contribution in [-0.2, 0) is 17.7 Å². The second-order valence-corrected chi connectivity index (χ2v) is 11.3. The molecule has 0 radical (unpaired) electrons. The van der Waals surface area contributed by atoms with Crippen LogP contribution in [0, 0.1) is 5.92 Å². The van der Waals surface area contributed by atoms with Crippen LogP contribution in [0.5, 0.6) is 0 Å². The van der Waals surface area contributed by atoms with Crippen molar-refractivity contribution in [3.63, 3.8) is 0 Å². The first-order chi connectivity index (χ1) is 18.9. The molecule has 2 aliphatic heterocycles. The number of anilines is 2. The molecule has 0 bridgehead atoms. The zero-order chi connectivity index (χ0) is 27.8. The largest absolute Gasteiger partial charge is 0.377 e. The highest BCUT2D eigenvalue weighted by Gasteiger charge is 2.30. The highest BCUT2D eigenvalue weighted by atomic mass is 16.5. The van der Waals surface area contributed by atoms with Crippen LogP contribution in [0.15, 0.2) is 24.3 Å². The molecule has 2 unspecified atom stereocenters. The lowest BCUT2D eigenvalue weighted by Gasteiger charge is -2.39. The van der Waals surface area contributed by atoms with Crippen molar-refractivity contribution in [2.24, 2.45) is 5.92 Å². The fourth-order valence-electron chi connectivity index (χ4n) is 5.74. The number of benzene rings is 1. The van der Waals surface area contributed by atoms with E-state index in [0.717, 1.165) is 87.1 Å². The molecular formula is C31H48N6O2. The van der Waals surface area contributed by atoms with Gasteiger partial charge in [-0.05, 0) is 63.3 Å². The third-order valence-corrected chi connectivity index (χ3v) is 8.29. The van der Waals surface area contributed by atoms with E-state index in [2.05, 4.69) is 55.1 Å². The Morgan fingerprint density at radius 2 is 1.90 bits per heavy atom. The van der Waals surface area contributed by atoms with E-state index >= 15 is 0 Å². The molecule has 39 heavy (non-hydrogen) atoms.